The number of halogens is 1. The molecule has 94 valence electrons. The van der Waals surface area contributed by atoms with Gasteiger partial charge in [-0.2, -0.15) is 0 Å². The van der Waals surface area contributed by atoms with Crippen LogP contribution < -0.4 is 11.1 Å². The summed E-state index contributed by atoms with van der Waals surface area (Å²) in [5, 5.41) is 3.25. The normalized spacial score (nSPS) is 14.3. The summed E-state index contributed by atoms with van der Waals surface area (Å²) in [6, 6.07) is 3.01. The van der Waals surface area contributed by atoms with E-state index in [2.05, 4.69) is 10.3 Å². The van der Waals surface area contributed by atoms with Gasteiger partial charge in [0.05, 0.1) is 11.9 Å². The van der Waals surface area contributed by atoms with E-state index in [9.17, 15) is 9.18 Å². The van der Waals surface area contributed by atoms with Gasteiger partial charge >= 0.3 is 0 Å². The summed E-state index contributed by atoms with van der Waals surface area (Å²) in [5.41, 5.74) is 5.89. The lowest BCUT2D eigenvalue weighted by Crippen LogP contribution is -2.34. The molecule has 1 amide bonds. The van der Waals surface area contributed by atoms with Gasteiger partial charge in [0.15, 0.2) is 0 Å². The molecule has 0 aliphatic carbocycles. The Morgan fingerprint density at radius 2 is 2.29 bits per heavy atom. The van der Waals surface area contributed by atoms with Crippen LogP contribution >= 0.6 is 0 Å². The van der Waals surface area contributed by atoms with E-state index in [0.29, 0.717) is 0 Å². The summed E-state index contributed by atoms with van der Waals surface area (Å²) in [5.74, 6) is -0.694. The second kappa shape index (κ2) is 6.30. The quantitative estimate of drug-likeness (QED) is 0.791. The van der Waals surface area contributed by atoms with Crippen molar-refractivity contribution in [2.24, 2.45) is 5.73 Å². The van der Waals surface area contributed by atoms with Crippen LogP contribution in [0.25, 0.3) is 0 Å². The van der Waals surface area contributed by atoms with Gasteiger partial charge in [-0.05, 0) is 25.5 Å². The Morgan fingerprint density at radius 1 is 1.59 bits per heavy atom. The molecule has 1 aromatic rings. The summed E-state index contributed by atoms with van der Waals surface area (Å²) in [7, 11) is 0. The molecule has 0 saturated carbocycles. The van der Waals surface area contributed by atoms with Crippen molar-refractivity contribution in [3.63, 3.8) is 0 Å². The van der Waals surface area contributed by atoms with Crippen LogP contribution in [0.5, 0.6) is 0 Å². The lowest BCUT2D eigenvalue weighted by Gasteiger charge is -2.21. The number of carbonyl (C=O) groups is 1. The van der Waals surface area contributed by atoms with Crippen molar-refractivity contribution < 1.29 is 9.18 Å². The molecule has 0 saturated heterocycles. The Kier molecular flexibility index (Phi) is 5.03. The van der Waals surface area contributed by atoms with E-state index in [1.807, 2.05) is 13.8 Å². The largest absolute Gasteiger partial charge is 0.370 e. The zero-order valence-electron chi connectivity index (χ0n) is 10.1. The number of aromatic nitrogens is 1. The van der Waals surface area contributed by atoms with Gasteiger partial charge in [0, 0.05) is 18.5 Å². The number of hydrogen-bond acceptors (Lipinski definition) is 3. The minimum atomic E-state index is -0.353. The van der Waals surface area contributed by atoms with Crippen molar-refractivity contribution in [1.29, 1.82) is 0 Å². The molecule has 0 spiro atoms. The van der Waals surface area contributed by atoms with Gasteiger partial charge in [0.25, 0.3) is 0 Å². The van der Waals surface area contributed by atoms with Crippen molar-refractivity contribution in [1.82, 2.24) is 10.3 Å². The first-order chi connectivity index (χ1) is 8.02. The highest BCUT2D eigenvalue weighted by Crippen LogP contribution is 2.15. The zero-order chi connectivity index (χ0) is 12.8. The third-order valence-corrected chi connectivity index (χ3v) is 2.51. The van der Waals surface area contributed by atoms with Gasteiger partial charge in [0.1, 0.15) is 5.82 Å². The number of hydrogen-bond donors (Lipinski definition) is 2. The maximum absolute atomic E-state index is 12.7. The van der Waals surface area contributed by atoms with Gasteiger partial charge in [-0.25, -0.2) is 4.39 Å². The SMILES string of the molecule is CCC(NC(C)CC(N)=O)c1ccc(F)cn1. The molecule has 3 N–H and O–H groups in total. The highest BCUT2D eigenvalue weighted by Gasteiger charge is 2.14. The molecule has 1 rings (SSSR count). The Hall–Kier alpha value is -1.49. The molecule has 0 fully saturated rings. The smallest absolute Gasteiger partial charge is 0.218 e. The van der Waals surface area contributed by atoms with E-state index in [1.54, 1.807) is 6.07 Å². The van der Waals surface area contributed by atoms with Gasteiger partial charge in [-0.15, -0.1) is 0 Å². The lowest BCUT2D eigenvalue weighted by molar-refractivity contribution is -0.118. The summed E-state index contributed by atoms with van der Waals surface area (Å²) in [6.07, 6.45) is 2.28. The number of nitrogens with zero attached hydrogens (tertiary/aromatic N) is 1. The molecule has 0 aliphatic rings. The number of pyridine rings is 1. The molecule has 5 heteroatoms. The molecular weight excluding hydrogens is 221 g/mol. The van der Waals surface area contributed by atoms with E-state index < -0.39 is 0 Å². The number of primary amides is 1. The number of nitrogens with one attached hydrogen (secondary N) is 1. The first-order valence-electron chi connectivity index (χ1n) is 5.68. The fourth-order valence-corrected chi connectivity index (χ4v) is 1.71. The Morgan fingerprint density at radius 3 is 2.76 bits per heavy atom. The van der Waals surface area contributed by atoms with Crippen LogP contribution in [0.3, 0.4) is 0 Å². The van der Waals surface area contributed by atoms with Gasteiger partial charge in [-0.1, -0.05) is 6.92 Å². The van der Waals surface area contributed by atoms with Crippen LogP contribution in [-0.2, 0) is 4.79 Å². The number of nitrogens with two attached hydrogens (primary N) is 1. The molecule has 2 unspecified atom stereocenters. The first kappa shape index (κ1) is 13.6. The molecule has 1 heterocycles. The minimum absolute atomic E-state index is 0.00458. The van der Waals surface area contributed by atoms with E-state index in [1.165, 1.54) is 12.3 Å². The molecule has 0 aromatic carbocycles. The summed E-state index contributed by atoms with van der Waals surface area (Å²) >= 11 is 0. The van der Waals surface area contributed by atoms with Crippen LogP contribution in [0.2, 0.25) is 0 Å². The topological polar surface area (TPSA) is 68.0 Å². The maximum Gasteiger partial charge on any atom is 0.218 e. The third kappa shape index (κ3) is 4.48. The van der Waals surface area contributed by atoms with Crippen molar-refractivity contribution in [2.45, 2.75) is 38.8 Å². The van der Waals surface area contributed by atoms with Crippen molar-refractivity contribution in [2.75, 3.05) is 0 Å². The highest BCUT2D eigenvalue weighted by molar-refractivity contribution is 5.74. The number of carbonyl (C=O) groups excluding carboxylic acids is 1. The molecule has 0 radical (unpaired) electrons. The second-order valence-electron chi connectivity index (χ2n) is 4.10. The summed E-state index contributed by atoms with van der Waals surface area (Å²) in [4.78, 5) is 14.8. The highest BCUT2D eigenvalue weighted by atomic mass is 19.1. The molecule has 1 aromatic heterocycles. The standard InChI is InChI=1S/C12H18FN3O/c1-3-10(16-8(2)6-12(14)17)11-5-4-9(13)7-15-11/h4-5,7-8,10,16H,3,6H2,1-2H3,(H2,14,17). The van der Waals surface area contributed by atoms with E-state index in [-0.39, 0.29) is 30.2 Å². The summed E-state index contributed by atoms with van der Waals surface area (Å²) in [6.45, 7) is 3.89. The van der Waals surface area contributed by atoms with Crippen LogP contribution in [0.4, 0.5) is 4.39 Å². The van der Waals surface area contributed by atoms with E-state index in [4.69, 9.17) is 5.73 Å². The van der Waals surface area contributed by atoms with Gasteiger partial charge in [-0.3, -0.25) is 9.78 Å². The van der Waals surface area contributed by atoms with Crippen molar-refractivity contribution in [3.05, 3.63) is 29.8 Å². The van der Waals surface area contributed by atoms with E-state index >= 15 is 0 Å². The van der Waals surface area contributed by atoms with Gasteiger partial charge in [0.2, 0.25) is 5.91 Å². The number of rotatable bonds is 6. The van der Waals surface area contributed by atoms with Crippen LogP contribution in [-0.4, -0.2) is 16.9 Å². The molecule has 4 nitrogen and oxygen atoms in total. The predicted octanol–water partition coefficient (Wildman–Crippen LogP) is 1.53. The van der Waals surface area contributed by atoms with Crippen molar-refractivity contribution in [3.8, 4) is 0 Å². The Bertz CT molecular complexity index is 367. The van der Waals surface area contributed by atoms with Crippen LogP contribution in [0.15, 0.2) is 18.3 Å². The average Bonchev–Trinajstić information content (AvgIpc) is 2.26. The van der Waals surface area contributed by atoms with Gasteiger partial charge < -0.3 is 11.1 Å². The summed E-state index contributed by atoms with van der Waals surface area (Å²) < 4.78 is 12.7. The first-order valence-corrected chi connectivity index (χ1v) is 5.68. The molecule has 2 atom stereocenters. The maximum atomic E-state index is 12.7. The fraction of sp³-hybridized carbons (Fsp3) is 0.500. The Labute approximate surface area is 100 Å². The average molecular weight is 239 g/mol. The molecule has 17 heavy (non-hydrogen) atoms. The second-order valence-corrected chi connectivity index (χ2v) is 4.10. The third-order valence-electron chi connectivity index (χ3n) is 2.51. The lowest BCUT2D eigenvalue weighted by atomic mass is 10.1. The molecule has 0 bridgehead atoms. The molecule has 0 aliphatic heterocycles. The van der Waals surface area contributed by atoms with Crippen LogP contribution in [0.1, 0.15) is 38.4 Å². The molecular formula is C12H18FN3O. The fourth-order valence-electron chi connectivity index (χ4n) is 1.71. The van der Waals surface area contributed by atoms with E-state index in [0.717, 1.165) is 12.1 Å². The van der Waals surface area contributed by atoms with Crippen LogP contribution in [0, 0.1) is 5.82 Å². The number of amides is 1. The van der Waals surface area contributed by atoms with Crippen molar-refractivity contribution >= 4 is 5.91 Å². The predicted molar refractivity (Wildman–Crippen MR) is 63.6 cm³/mol. The monoisotopic (exact) mass is 239 g/mol. The Balaban J connectivity index is 2.65. The zero-order valence-corrected chi connectivity index (χ0v) is 10.1. The minimum Gasteiger partial charge on any atom is -0.370 e.